The molecule has 85 heavy (non-hydrogen) atoms. The first kappa shape index (κ1) is 83.1. The van der Waals surface area contributed by atoms with Crippen LogP contribution in [0.2, 0.25) is 0 Å². The Morgan fingerprint density at radius 2 is 0.541 bits per heavy atom. The van der Waals surface area contributed by atoms with Gasteiger partial charge in [-0.1, -0.05) is 279 Å². The van der Waals surface area contributed by atoms with Gasteiger partial charge < -0.3 is 33.8 Å². The predicted molar refractivity (Wildman–Crippen MR) is 340 cm³/mol. The maximum atomic E-state index is 13.0. The molecule has 0 aliphatic heterocycles. The van der Waals surface area contributed by atoms with Crippen molar-refractivity contribution < 1.29 is 80.2 Å². The predicted octanol–water partition coefficient (Wildman–Crippen LogP) is 18.4. The second-order valence-corrected chi connectivity index (χ2v) is 27.7. The Hall–Kier alpha value is -1.94. The summed E-state index contributed by atoms with van der Waals surface area (Å²) in [5.41, 5.74) is 0. The molecule has 0 aromatic heterocycles. The lowest BCUT2D eigenvalue weighted by molar-refractivity contribution is -0.161. The highest BCUT2D eigenvalue weighted by atomic mass is 31.2. The molecule has 0 aliphatic carbocycles. The number of phosphoric ester groups is 2. The van der Waals surface area contributed by atoms with Crippen molar-refractivity contribution in [1.82, 2.24) is 0 Å². The Balaban J connectivity index is 5.20. The Morgan fingerprint density at radius 3 is 0.800 bits per heavy atom. The first-order valence-electron chi connectivity index (χ1n) is 34.5. The van der Waals surface area contributed by atoms with Gasteiger partial charge in [-0.05, 0) is 37.5 Å². The molecule has 504 valence electrons. The highest BCUT2D eigenvalue weighted by Gasteiger charge is 2.30. The molecule has 0 radical (unpaired) electrons. The summed E-state index contributed by atoms with van der Waals surface area (Å²) in [6, 6.07) is 0. The second-order valence-electron chi connectivity index (χ2n) is 24.8. The van der Waals surface area contributed by atoms with Crippen LogP contribution in [-0.4, -0.2) is 96.7 Å². The van der Waals surface area contributed by atoms with Crippen molar-refractivity contribution in [1.29, 1.82) is 0 Å². The van der Waals surface area contributed by atoms with Crippen LogP contribution >= 0.6 is 15.6 Å². The maximum Gasteiger partial charge on any atom is 0.472 e. The van der Waals surface area contributed by atoms with Gasteiger partial charge in [-0.15, -0.1) is 0 Å². The Labute approximate surface area is 517 Å². The number of carbonyl (C=O) groups is 4. The molecule has 19 heteroatoms. The molecular weight excluding hydrogens is 1130 g/mol. The van der Waals surface area contributed by atoms with Gasteiger partial charge in [-0.25, -0.2) is 9.13 Å². The molecule has 0 amide bonds. The minimum absolute atomic E-state index is 0.106. The van der Waals surface area contributed by atoms with Crippen molar-refractivity contribution in [2.24, 2.45) is 11.8 Å². The average Bonchev–Trinajstić information content (AvgIpc) is 3.47. The number of esters is 4. The van der Waals surface area contributed by atoms with Crippen molar-refractivity contribution in [2.75, 3.05) is 39.6 Å². The van der Waals surface area contributed by atoms with E-state index in [-0.39, 0.29) is 25.7 Å². The number of rotatable bonds is 65. The fourth-order valence-corrected chi connectivity index (χ4v) is 11.5. The van der Waals surface area contributed by atoms with E-state index in [9.17, 15) is 43.2 Å². The number of carbonyl (C=O) groups excluding carboxylic acids is 4. The molecule has 5 atom stereocenters. The third-order valence-electron chi connectivity index (χ3n) is 15.2. The molecule has 0 spiro atoms. The summed E-state index contributed by atoms with van der Waals surface area (Å²) < 4.78 is 68.0. The zero-order valence-electron chi connectivity index (χ0n) is 54.9. The van der Waals surface area contributed by atoms with E-state index >= 15 is 0 Å². The normalized spacial score (nSPS) is 14.2. The van der Waals surface area contributed by atoms with E-state index < -0.39 is 97.5 Å². The zero-order chi connectivity index (χ0) is 62.9. The summed E-state index contributed by atoms with van der Waals surface area (Å²) >= 11 is 0. The van der Waals surface area contributed by atoms with Gasteiger partial charge in [-0.3, -0.25) is 37.3 Å². The van der Waals surface area contributed by atoms with Crippen LogP contribution in [0.5, 0.6) is 0 Å². The first-order valence-corrected chi connectivity index (χ1v) is 37.5. The fraction of sp³-hybridized carbons (Fsp3) is 0.939. The fourth-order valence-electron chi connectivity index (χ4n) is 9.88. The van der Waals surface area contributed by atoms with Gasteiger partial charge in [0.2, 0.25) is 0 Å². The van der Waals surface area contributed by atoms with Gasteiger partial charge in [0, 0.05) is 25.7 Å². The molecule has 0 bridgehead atoms. The number of aliphatic hydroxyl groups is 1. The summed E-state index contributed by atoms with van der Waals surface area (Å²) in [5, 5.41) is 10.5. The minimum atomic E-state index is -4.95. The van der Waals surface area contributed by atoms with Crippen LogP contribution in [-0.2, 0) is 65.4 Å². The zero-order valence-corrected chi connectivity index (χ0v) is 56.7. The lowest BCUT2D eigenvalue weighted by atomic mass is 10.0. The van der Waals surface area contributed by atoms with Crippen LogP contribution in [0.25, 0.3) is 0 Å². The van der Waals surface area contributed by atoms with E-state index in [1.807, 2.05) is 0 Å². The van der Waals surface area contributed by atoms with E-state index in [1.54, 1.807) is 0 Å². The number of hydrogen-bond acceptors (Lipinski definition) is 15. The third-order valence-corrected chi connectivity index (χ3v) is 17.1. The van der Waals surface area contributed by atoms with Crippen LogP contribution in [0.3, 0.4) is 0 Å². The molecule has 0 fully saturated rings. The van der Waals surface area contributed by atoms with Gasteiger partial charge in [0.15, 0.2) is 12.2 Å². The third kappa shape index (κ3) is 60.7. The molecular formula is C66H128O17P2. The Kier molecular flexibility index (Phi) is 57.1. The summed E-state index contributed by atoms with van der Waals surface area (Å²) in [6.45, 7) is 9.46. The molecule has 2 unspecified atom stereocenters. The summed E-state index contributed by atoms with van der Waals surface area (Å²) in [4.78, 5) is 72.2. The van der Waals surface area contributed by atoms with Crippen LogP contribution in [0.15, 0.2) is 0 Å². The van der Waals surface area contributed by atoms with Crippen molar-refractivity contribution in [2.45, 2.75) is 349 Å². The van der Waals surface area contributed by atoms with Crippen LogP contribution in [0.1, 0.15) is 330 Å². The number of aliphatic hydroxyl groups excluding tert-OH is 1. The van der Waals surface area contributed by atoms with Crippen molar-refractivity contribution in [3.8, 4) is 0 Å². The number of unbranched alkanes of at least 4 members (excludes halogenated alkanes) is 35. The van der Waals surface area contributed by atoms with Gasteiger partial charge in [0.25, 0.3) is 0 Å². The highest BCUT2D eigenvalue weighted by Crippen LogP contribution is 2.45. The standard InChI is InChI=1S/C66H128O17P2/c1-7-9-11-13-15-16-25-32-38-44-50-65(70)82-61(54-76-63(68)48-42-36-28-14-12-10-8-2)56-80-84(72,73)78-52-60(67)53-79-85(74,75)81-57-62(55-77-64(69)49-43-37-31-27-22-24-30-35-41-47-59(5)6)83-66(71)51-45-39-33-26-21-19-17-18-20-23-29-34-40-46-58(3)4/h58-62,67H,7-57H2,1-6H3,(H,72,73)(H,74,75)/t60-,61+,62+/m0/s1. The lowest BCUT2D eigenvalue weighted by Gasteiger charge is -2.21. The molecule has 0 aromatic rings. The van der Waals surface area contributed by atoms with Crippen molar-refractivity contribution in [3.05, 3.63) is 0 Å². The van der Waals surface area contributed by atoms with Gasteiger partial charge in [0.05, 0.1) is 26.4 Å². The lowest BCUT2D eigenvalue weighted by Crippen LogP contribution is -2.30. The smallest absolute Gasteiger partial charge is 0.462 e. The summed E-state index contributed by atoms with van der Waals surface area (Å²) in [6.07, 6.45) is 41.8. The molecule has 0 saturated carbocycles. The van der Waals surface area contributed by atoms with Gasteiger partial charge in [-0.2, -0.15) is 0 Å². The molecule has 0 heterocycles. The highest BCUT2D eigenvalue weighted by molar-refractivity contribution is 7.47. The van der Waals surface area contributed by atoms with Crippen LogP contribution < -0.4 is 0 Å². The van der Waals surface area contributed by atoms with E-state index in [0.29, 0.717) is 25.7 Å². The topological polar surface area (TPSA) is 237 Å². The molecule has 0 aliphatic rings. The monoisotopic (exact) mass is 1250 g/mol. The largest absolute Gasteiger partial charge is 0.472 e. The van der Waals surface area contributed by atoms with Gasteiger partial charge in [0.1, 0.15) is 19.3 Å². The Morgan fingerprint density at radius 1 is 0.318 bits per heavy atom. The maximum absolute atomic E-state index is 13.0. The summed E-state index contributed by atoms with van der Waals surface area (Å²) in [7, 11) is -9.89. The number of ether oxygens (including phenoxy) is 4. The minimum Gasteiger partial charge on any atom is -0.462 e. The van der Waals surface area contributed by atoms with Crippen molar-refractivity contribution in [3.63, 3.8) is 0 Å². The van der Waals surface area contributed by atoms with E-state index in [4.69, 9.17) is 37.0 Å². The molecule has 3 N–H and O–H groups in total. The number of hydrogen-bond donors (Lipinski definition) is 3. The van der Waals surface area contributed by atoms with Crippen LogP contribution in [0.4, 0.5) is 0 Å². The van der Waals surface area contributed by atoms with Crippen LogP contribution in [0, 0.1) is 11.8 Å². The van der Waals surface area contributed by atoms with Gasteiger partial charge >= 0.3 is 39.5 Å². The molecule has 17 nitrogen and oxygen atoms in total. The van der Waals surface area contributed by atoms with E-state index in [0.717, 1.165) is 115 Å². The molecule has 0 saturated heterocycles. The molecule has 0 rings (SSSR count). The SMILES string of the molecule is CCCCCCCCCCCCC(=O)O[C@H](COC(=O)CCCCCCCCC)COP(=O)(O)OC[C@H](O)COP(=O)(O)OC[C@@H](COC(=O)CCCCCCCCCCCC(C)C)OC(=O)CCCCCCCCCCCCCCCC(C)C. The second kappa shape index (κ2) is 58.4. The first-order chi connectivity index (χ1) is 40.9. The average molecular weight is 1260 g/mol. The van der Waals surface area contributed by atoms with Crippen molar-refractivity contribution >= 4 is 39.5 Å². The van der Waals surface area contributed by atoms with E-state index in [1.165, 1.54) is 135 Å². The number of phosphoric acid groups is 2. The van der Waals surface area contributed by atoms with E-state index in [2.05, 4.69) is 41.5 Å². The molecule has 0 aromatic carbocycles. The summed E-state index contributed by atoms with van der Waals surface area (Å²) in [5.74, 6) is -0.604. The quantitative estimate of drug-likeness (QED) is 0.0222. The Bertz CT molecular complexity index is 1670.